The quantitative estimate of drug-likeness (QED) is 0.859. The first-order valence-corrected chi connectivity index (χ1v) is 6.62. The number of halogens is 2. The normalized spacial score (nSPS) is 12.7. The molecule has 1 heterocycles. The molecule has 0 radical (unpaired) electrons. The number of carbonyl (C=O) groups is 1. The number of hydrogen-bond donors (Lipinski definition) is 1. The fourth-order valence-electron chi connectivity index (χ4n) is 1.16. The lowest BCUT2D eigenvalue weighted by molar-refractivity contribution is -0.115. The van der Waals surface area contributed by atoms with Crippen LogP contribution in [0, 0.1) is 0 Å². The number of amides is 1. The fourth-order valence-corrected chi connectivity index (χ4v) is 2.63. The van der Waals surface area contributed by atoms with E-state index in [2.05, 4.69) is 26.2 Å². The maximum Gasteiger partial charge on any atom is 0.243 e. The first kappa shape index (κ1) is 11.8. The molecule has 2 rings (SSSR count). The highest BCUT2D eigenvalue weighted by Crippen LogP contribution is 2.28. The summed E-state index contributed by atoms with van der Waals surface area (Å²) in [4.78, 5) is 15.7. The molecule has 1 amide bonds. The number of benzene rings is 1. The van der Waals surface area contributed by atoms with Gasteiger partial charge in [0.05, 0.1) is 10.2 Å². The van der Waals surface area contributed by atoms with Gasteiger partial charge < -0.3 is 5.32 Å². The number of nitrogens with one attached hydrogen (secondary N) is 1. The van der Waals surface area contributed by atoms with Crippen LogP contribution in [0.2, 0.25) is 0 Å². The van der Waals surface area contributed by atoms with Gasteiger partial charge in [-0.1, -0.05) is 27.3 Å². The molecule has 1 aromatic carbocycles. The standard InChI is InChI=1S/C10H8BrClN2OS/c1-5(12)9(15)14-10-13-7-3-2-6(11)4-8(7)16-10/h2-5H,1H3,(H,13,14,15)/t5-/m1/s1. The van der Waals surface area contributed by atoms with Gasteiger partial charge in [0.15, 0.2) is 5.13 Å². The lowest BCUT2D eigenvalue weighted by Crippen LogP contribution is -2.19. The van der Waals surface area contributed by atoms with Gasteiger partial charge in [-0.3, -0.25) is 4.79 Å². The van der Waals surface area contributed by atoms with Crippen molar-refractivity contribution in [1.82, 2.24) is 4.98 Å². The van der Waals surface area contributed by atoms with E-state index in [-0.39, 0.29) is 5.91 Å². The van der Waals surface area contributed by atoms with E-state index in [9.17, 15) is 4.79 Å². The van der Waals surface area contributed by atoms with Crippen molar-refractivity contribution in [2.45, 2.75) is 12.3 Å². The summed E-state index contributed by atoms with van der Waals surface area (Å²) in [6, 6.07) is 5.78. The zero-order valence-corrected chi connectivity index (χ0v) is 11.5. The van der Waals surface area contributed by atoms with E-state index in [4.69, 9.17) is 11.6 Å². The van der Waals surface area contributed by atoms with Gasteiger partial charge >= 0.3 is 0 Å². The van der Waals surface area contributed by atoms with Gasteiger partial charge in [-0.05, 0) is 25.1 Å². The summed E-state index contributed by atoms with van der Waals surface area (Å²) < 4.78 is 2.01. The van der Waals surface area contributed by atoms with Crippen LogP contribution in [-0.4, -0.2) is 16.3 Å². The Morgan fingerprint density at radius 1 is 1.62 bits per heavy atom. The molecule has 0 bridgehead atoms. The molecule has 0 saturated carbocycles. The number of hydrogen-bond acceptors (Lipinski definition) is 3. The Morgan fingerprint density at radius 3 is 3.06 bits per heavy atom. The second-order valence-electron chi connectivity index (χ2n) is 3.24. The van der Waals surface area contributed by atoms with Gasteiger partial charge in [-0.2, -0.15) is 0 Å². The Balaban J connectivity index is 2.29. The minimum Gasteiger partial charge on any atom is -0.301 e. The summed E-state index contributed by atoms with van der Waals surface area (Å²) in [5.41, 5.74) is 0.866. The molecule has 84 valence electrons. The van der Waals surface area contributed by atoms with E-state index >= 15 is 0 Å². The average molecular weight is 320 g/mol. The number of aromatic nitrogens is 1. The Morgan fingerprint density at radius 2 is 2.38 bits per heavy atom. The molecule has 1 atom stereocenters. The lowest BCUT2D eigenvalue weighted by atomic mass is 10.3. The van der Waals surface area contributed by atoms with E-state index in [1.165, 1.54) is 11.3 Å². The summed E-state index contributed by atoms with van der Waals surface area (Å²) in [6.07, 6.45) is 0. The molecule has 2 aromatic rings. The largest absolute Gasteiger partial charge is 0.301 e. The molecule has 0 saturated heterocycles. The van der Waals surface area contributed by atoms with Gasteiger partial charge in [0, 0.05) is 4.47 Å². The molecule has 0 spiro atoms. The van der Waals surface area contributed by atoms with Crippen molar-refractivity contribution in [2.24, 2.45) is 0 Å². The smallest absolute Gasteiger partial charge is 0.243 e. The molecular weight excluding hydrogens is 312 g/mol. The number of carbonyl (C=O) groups excluding carboxylic acids is 1. The number of thiazole rings is 1. The topological polar surface area (TPSA) is 42.0 Å². The third-order valence-electron chi connectivity index (χ3n) is 1.94. The number of anilines is 1. The maximum atomic E-state index is 11.4. The number of rotatable bonds is 2. The Labute approximate surface area is 110 Å². The predicted octanol–water partition coefficient (Wildman–Crippen LogP) is 3.62. The highest BCUT2D eigenvalue weighted by Gasteiger charge is 2.12. The zero-order valence-electron chi connectivity index (χ0n) is 8.33. The number of nitrogens with zero attached hydrogens (tertiary/aromatic N) is 1. The second-order valence-corrected chi connectivity index (χ2v) is 5.84. The molecule has 0 aliphatic heterocycles. The van der Waals surface area contributed by atoms with Gasteiger partial charge in [-0.25, -0.2) is 4.98 Å². The molecule has 0 aliphatic rings. The first-order chi connectivity index (χ1) is 7.56. The van der Waals surface area contributed by atoms with E-state index in [0.717, 1.165) is 14.7 Å². The predicted molar refractivity (Wildman–Crippen MR) is 71.3 cm³/mol. The molecule has 0 aliphatic carbocycles. The third kappa shape index (κ3) is 2.53. The van der Waals surface area contributed by atoms with Crippen molar-refractivity contribution in [2.75, 3.05) is 5.32 Å². The van der Waals surface area contributed by atoms with Crippen molar-refractivity contribution in [3.05, 3.63) is 22.7 Å². The van der Waals surface area contributed by atoms with E-state index in [1.807, 2.05) is 18.2 Å². The van der Waals surface area contributed by atoms with Crippen molar-refractivity contribution < 1.29 is 4.79 Å². The van der Waals surface area contributed by atoms with Gasteiger partial charge in [-0.15, -0.1) is 11.6 Å². The Hall–Kier alpha value is -0.650. The summed E-state index contributed by atoms with van der Waals surface area (Å²) in [7, 11) is 0. The molecular formula is C10H8BrClN2OS. The minimum absolute atomic E-state index is 0.236. The Kier molecular flexibility index (Phi) is 3.47. The van der Waals surface area contributed by atoms with Gasteiger partial charge in [0.25, 0.3) is 0 Å². The molecule has 1 aromatic heterocycles. The van der Waals surface area contributed by atoms with Crippen LogP contribution in [0.25, 0.3) is 10.2 Å². The Bertz CT molecular complexity index is 541. The van der Waals surface area contributed by atoms with E-state index in [1.54, 1.807) is 6.92 Å². The van der Waals surface area contributed by atoms with Gasteiger partial charge in [0.1, 0.15) is 5.38 Å². The summed E-state index contributed by atoms with van der Waals surface area (Å²) in [5.74, 6) is -0.236. The summed E-state index contributed by atoms with van der Waals surface area (Å²) in [5, 5.41) is 2.69. The highest BCUT2D eigenvalue weighted by molar-refractivity contribution is 9.10. The molecule has 0 unspecified atom stereocenters. The van der Waals surface area contributed by atoms with Crippen molar-refractivity contribution in [1.29, 1.82) is 0 Å². The van der Waals surface area contributed by atoms with Crippen LogP contribution >= 0.6 is 38.9 Å². The molecule has 16 heavy (non-hydrogen) atoms. The lowest BCUT2D eigenvalue weighted by Gasteiger charge is -2.01. The van der Waals surface area contributed by atoms with E-state index < -0.39 is 5.38 Å². The zero-order chi connectivity index (χ0) is 11.7. The van der Waals surface area contributed by atoms with Crippen molar-refractivity contribution in [3.63, 3.8) is 0 Å². The van der Waals surface area contributed by atoms with Crippen molar-refractivity contribution in [3.8, 4) is 0 Å². The average Bonchev–Trinajstić information content (AvgIpc) is 2.58. The number of alkyl halides is 1. The molecule has 6 heteroatoms. The van der Waals surface area contributed by atoms with Gasteiger partial charge in [0.2, 0.25) is 5.91 Å². The van der Waals surface area contributed by atoms with Crippen LogP contribution in [0.4, 0.5) is 5.13 Å². The maximum absolute atomic E-state index is 11.4. The fraction of sp³-hybridized carbons (Fsp3) is 0.200. The molecule has 1 N–H and O–H groups in total. The van der Waals surface area contributed by atoms with Crippen molar-refractivity contribution >= 4 is 60.1 Å². The van der Waals surface area contributed by atoms with Crippen LogP contribution in [0.1, 0.15) is 6.92 Å². The molecule has 3 nitrogen and oxygen atoms in total. The monoisotopic (exact) mass is 318 g/mol. The SMILES string of the molecule is C[C@@H](Cl)C(=O)Nc1nc2ccc(Br)cc2s1. The van der Waals surface area contributed by atoms with Crippen LogP contribution < -0.4 is 5.32 Å². The summed E-state index contributed by atoms with van der Waals surface area (Å²) >= 11 is 10.5. The van der Waals surface area contributed by atoms with Crippen LogP contribution in [-0.2, 0) is 4.79 Å². The first-order valence-electron chi connectivity index (χ1n) is 4.57. The highest BCUT2D eigenvalue weighted by atomic mass is 79.9. The minimum atomic E-state index is -0.557. The van der Waals surface area contributed by atoms with Crippen LogP contribution in [0.5, 0.6) is 0 Å². The summed E-state index contributed by atoms with van der Waals surface area (Å²) in [6.45, 7) is 1.63. The van der Waals surface area contributed by atoms with E-state index in [0.29, 0.717) is 5.13 Å². The second kappa shape index (κ2) is 4.69. The van der Waals surface area contributed by atoms with Crippen LogP contribution in [0.15, 0.2) is 22.7 Å². The third-order valence-corrected chi connectivity index (χ3v) is 3.57. The number of fused-ring (bicyclic) bond motifs is 1. The molecule has 0 fully saturated rings. The van der Waals surface area contributed by atoms with Crippen LogP contribution in [0.3, 0.4) is 0 Å².